The van der Waals surface area contributed by atoms with Gasteiger partial charge in [0.05, 0.1) is 25.2 Å². The molecule has 0 aliphatic rings. The van der Waals surface area contributed by atoms with E-state index >= 15 is 0 Å². The maximum Gasteiger partial charge on any atom is 0.107 e. The third-order valence-electron chi connectivity index (χ3n) is 4.23. The maximum absolute atomic E-state index is 11.3. The summed E-state index contributed by atoms with van der Waals surface area (Å²) >= 11 is 0. The largest absolute Gasteiger partial charge is 0.395 e. The molecule has 114 valence electrons. The quantitative estimate of drug-likeness (QED) is 0.654. The van der Waals surface area contributed by atoms with E-state index in [-0.39, 0.29) is 0 Å². The van der Waals surface area contributed by atoms with E-state index in [1.165, 1.54) is 0 Å². The van der Waals surface area contributed by atoms with Crippen LogP contribution in [-0.4, -0.2) is 40.2 Å². The second kappa shape index (κ2) is 5.82. The van der Waals surface area contributed by atoms with Crippen molar-refractivity contribution in [2.75, 3.05) is 19.8 Å². The van der Waals surface area contributed by atoms with E-state index in [1.54, 1.807) is 12.1 Å². The molecule has 4 heteroatoms. The Balaban J connectivity index is 3.56. The fourth-order valence-electron chi connectivity index (χ4n) is 2.82. The summed E-state index contributed by atoms with van der Waals surface area (Å²) in [5, 5.41) is 40.5. The molecule has 20 heavy (non-hydrogen) atoms. The summed E-state index contributed by atoms with van der Waals surface area (Å²) in [5.74, 6) is 0. The molecular weight excluding hydrogens is 256 g/mol. The lowest BCUT2D eigenvalue weighted by Gasteiger charge is -2.52. The van der Waals surface area contributed by atoms with Crippen LogP contribution in [0.2, 0.25) is 0 Å². The molecule has 0 spiro atoms. The fraction of sp³-hybridized carbons (Fsp3) is 0.625. The zero-order chi connectivity index (χ0) is 15.6. The van der Waals surface area contributed by atoms with Crippen molar-refractivity contribution in [3.63, 3.8) is 0 Å². The van der Waals surface area contributed by atoms with Gasteiger partial charge in [-0.05, 0) is 17.9 Å². The molecule has 1 atom stereocenters. The second-order valence-corrected chi connectivity index (χ2v) is 6.58. The number of hydrogen-bond donors (Lipinski definition) is 4. The predicted molar refractivity (Wildman–Crippen MR) is 78.2 cm³/mol. The SMILES string of the molecule is Cc1ccc(C(O)(C(C)(C)C)C(CO)(CO)CO)cc1. The Morgan fingerprint density at radius 1 is 0.850 bits per heavy atom. The summed E-state index contributed by atoms with van der Waals surface area (Å²) in [5.41, 5.74) is -2.04. The Kier molecular flexibility index (Phi) is 4.98. The molecule has 0 bridgehead atoms. The first-order chi connectivity index (χ1) is 9.18. The number of aliphatic hydroxyl groups excluding tert-OH is 3. The molecule has 0 radical (unpaired) electrons. The van der Waals surface area contributed by atoms with Gasteiger partial charge in [-0.1, -0.05) is 50.6 Å². The van der Waals surface area contributed by atoms with Gasteiger partial charge in [0.2, 0.25) is 0 Å². The lowest BCUT2D eigenvalue weighted by atomic mass is 9.58. The molecule has 0 heterocycles. The molecule has 0 aliphatic heterocycles. The summed E-state index contributed by atoms with van der Waals surface area (Å²) in [6.07, 6.45) is 0. The molecule has 0 amide bonds. The van der Waals surface area contributed by atoms with Crippen molar-refractivity contribution in [3.05, 3.63) is 35.4 Å². The predicted octanol–water partition coefficient (Wildman–Crippen LogP) is 1.19. The van der Waals surface area contributed by atoms with Crippen LogP contribution >= 0.6 is 0 Å². The summed E-state index contributed by atoms with van der Waals surface area (Å²) in [4.78, 5) is 0. The van der Waals surface area contributed by atoms with Crippen molar-refractivity contribution in [2.24, 2.45) is 10.8 Å². The van der Waals surface area contributed by atoms with Gasteiger partial charge in [-0.3, -0.25) is 0 Å². The third kappa shape index (κ3) is 2.49. The van der Waals surface area contributed by atoms with E-state index < -0.39 is 36.3 Å². The van der Waals surface area contributed by atoms with E-state index in [9.17, 15) is 20.4 Å². The van der Waals surface area contributed by atoms with Crippen molar-refractivity contribution in [2.45, 2.75) is 33.3 Å². The van der Waals surface area contributed by atoms with Gasteiger partial charge in [0, 0.05) is 0 Å². The summed E-state index contributed by atoms with van der Waals surface area (Å²) < 4.78 is 0. The van der Waals surface area contributed by atoms with Crippen LogP contribution in [0.25, 0.3) is 0 Å². The number of aryl methyl sites for hydroxylation is 1. The van der Waals surface area contributed by atoms with Crippen LogP contribution in [0.1, 0.15) is 31.9 Å². The smallest absolute Gasteiger partial charge is 0.107 e. The van der Waals surface area contributed by atoms with E-state index in [4.69, 9.17) is 0 Å². The summed E-state index contributed by atoms with van der Waals surface area (Å²) in [7, 11) is 0. The molecule has 4 N–H and O–H groups in total. The standard InChI is InChI=1S/C16H26O4/c1-12-5-7-13(8-6-12)16(20,14(2,3)4)15(9-17,10-18)11-19/h5-8,17-20H,9-11H2,1-4H3. The molecule has 1 aromatic carbocycles. The van der Waals surface area contributed by atoms with Crippen LogP contribution < -0.4 is 0 Å². The molecule has 0 aliphatic carbocycles. The van der Waals surface area contributed by atoms with Gasteiger partial charge in [0.25, 0.3) is 0 Å². The summed E-state index contributed by atoms with van der Waals surface area (Å²) in [6, 6.07) is 7.28. The van der Waals surface area contributed by atoms with E-state index in [0.717, 1.165) is 5.56 Å². The topological polar surface area (TPSA) is 80.9 Å². The molecule has 0 fully saturated rings. The molecule has 0 saturated heterocycles. The Morgan fingerprint density at radius 3 is 1.55 bits per heavy atom. The normalized spacial score (nSPS) is 16.0. The molecule has 0 saturated carbocycles. The highest BCUT2D eigenvalue weighted by Crippen LogP contribution is 2.51. The molecule has 1 unspecified atom stereocenters. The minimum absolute atomic E-state index is 0.512. The van der Waals surface area contributed by atoms with Gasteiger partial charge in [-0.2, -0.15) is 0 Å². The van der Waals surface area contributed by atoms with Gasteiger partial charge in [-0.15, -0.1) is 0 Å². The van der Waals surface area contributed by atoms with Crippen LogP contribution in [0.4, 0.5) is 0 Å². The van der Waals surface area contributed by atoms with Crippen molar-refractivity contribution in [1.82, 2.24) is 0 Å². The average molecular weight is 282 g/mol. The minimum atomic E-state index is -1.56. The first-order valence-corrected chi connectivity index (χ1v) is 6.80. The number of rotatable bonds is 5. The van der Waals surface area contributed by atoms with Crippen LogP contribution in [0.5, 0.6) is 0 Å². The number of hydrogen-bond acceptors (Lipinski definition) is 4. The molecule has 0 aromatic heterocycles. The zero-order valence-electron chi connectivity index (χ0n) is 12.7. The molecular formula is C16H26O4. The van der Waals surface area contributed by atoms with Gasteiger partial charge >= 0.3 is 0 Å². The highest BCUT2D eigenvalue weighted by atomic mass is 16.3. The second-order valence-electron chi connectivity index (χ2n) is 6.58. The average Bonchev–Trinajstić information content (AvgIpc) is 2.40. The van der Waals surface area contributed by atoms with Crippen molar-refractivity contribution < 1.29 is 20.4 Å². The van der Waals surface area contributed by atoms with E-state index in [0.29, 0.717) is 5.56 Å². The lowest BCUT2D eigenvalue weighted by molar-refractivity contribution is -0.211. The van der Waals surface area contributed by atoms with Gasteiger partial charge in [0.15, 0.2) is 0 Å². The zero-order valence-corrected chi connectivity index (χ0v) is 12.7. The fourth-order valence-corrected chi connectivity index (χ4v) is 2.82. The molecule has 1 aromatic rings. The van der Waals surface area contributed by atoms with Gasteiger partial charge < -0.3 is 20.4 Å². The van der Waals surface area contributed by atoms with Crippen molar-refractivity contribution in [3.8, 4) is 0 Å². The first kappa shape index (κ1) is 17.1. The molecule has 1 rings (SSSR count). The maximum atomic E-state index is 11.3. The highest BCUT2D eigenvalue weighted by molar-refractivity contribution is 5.31. The van der Waals surface area contributed by atoms with Crippen LogP contribution in [0, 0.1) is 17.8 Å². The Morgan fingerprint density at radius 2 is 1.25 bits per heavy atom. The monoisotopic (exact) mass is 282 g/mol. The Bertz CT molecular complexity index is 421. The van der Waals surface area contributed by atoms with Crippen LogP contribution in [0.3, 0.4) is 0 Å². The number of benzene rings is 1. The molecule has 4 nitrogen and oxygen atoms in total. The van der Waals surface area contributed by atoms with E-state index in [2.05, 4.69) is 0 Å². The lowest BCUT2D eigenvalue weighted by Crippen LogP contribution is -2.59. The van der Waals surface area contributed by atoms with Gasteiger partial charge in [-0.25, -0.2) is 0 Å². The van der Waals surface area contributed by atoms with E-state index in [1.807, 2.05) is 39.8 Å². The van der Waals surface area contributed by atoms with Crippen LogP contribution in [0.15, 0.2) is 24.3 Å². The van der Waals surface area contributed by atoms with Gasteiger partial charge in [0.1, 0.15) is 5.60 Å². The van der Waals surface area contributed by atoms with Crippen molar-refractivity contribution in [1.29, 1.82) is 0 Å². The summed E-state index contributed by atoms with van der Waals surface area (Å²) in [6.45, 7) is 5.87. The Hall–Kier alpha value is -0.940. The number of aliphatic hydroxyl groups is 4. The minimum Gasteiger partial charge on any atom is -0.395 e. The highest BCUT2D eigenvalue weighted by Gasteiger charge is 2.57. The third-order valence-corrected chi connectivity index (χ3v) is 4.23. The van der Waals surface area contributed by atoms with Crippen LogP contribution in [-0.2, 0) is 5.60 Å². The first-order valence-electron chi connectivity index (χ1n) is 6.80. The van der Waals surface area contributed by atoms with Crippen molar-refractivity contribution >= 4 is 0 Å². The Labute approximate surface area is 120 Å².